The highest BCUT2D eigenvalue weighted by Gasteiger charge is 2.17. The Morgan fingerprint density at radius 3 is 2.58 bits per heavy atom. The highest BCUT2D eigenvalue weighted by molar-refractivity contribution is 6.30. The number of hydrogen-bond acceptors (Lipinski definition) is 3. The number of nitrogen functional groups attached to an aromatic ring is 1. The van der Waals surface area contributed by atoms with E-state index in [1.807, 2.05) is 37.4 Å². The lowest BCUT2D eigenvalue weighted by molar-refractivity contribution is 0.781. The minimum atomic E-state index is 0.604. The van der Waals surface area contributed by atoms with Gasteiger partial charge in [0, 0.05) is 18.3 Å². The van der Waals surface area contributed by atoms with Gasteiger partial charge >= 0.3 is 0 Å². The van der Waals surface area contributed by atoms with Gasteiger partial charge in [-0.25, -0.2) is 0 Å². The maximum Gasteiger partial charge on any atom is 0.129 e. The minimum Gasteiger partial charge on any atom is -0.383 e. The van der Waals surface area contributed by atoms with Crippen molar-refractivity contribution in [2.24, 2.45) is 7.05 Å². The van der Waals surface area contributed by atoms with E-state index in [2.05, 4.69) is 15.3 Å². The number of anilines is 1. The third-order valence-electron chi connectivity index (χ3n) is 2.98. The summed E-state index contributed by atoms with van der Waals surface area (Å²) in [5.41, 5.74) is 9.57. The van der Waals surface area contributed by atoms with E-state index in [1.165, 1.54) is 0 Å². The molecule has 1 aromatic carbocycles. The molecule has 0 spiro atoms. The third kappa shape index (κ3) is 1.98. The second-order valence-electron chi connectivity index (χ2n) is 4.21. The fraction of sp³-hybridized carbons (Fsp3) is 0.0769. The summed E-state index contributed by atoms with van der Waals surface area (Å²) >= 11 is 5.92. The first-order chi connectivity index (χ1) is 9.16. The summed E-state index contributed by atoms with van der Waals surface area (Å²) in [6.45, 7) is 0. The van der Waals surface area contributed by atoms with Crippen LogP contribution in [0.5, 0.6) is 0 Å². The van der Waals surface area contributed by atoms with Gasteiger partial charge in [0.2, 0.25) is 0 Å². The molecule has 0 saturated carbocycles. The summed E-state index contributed by atoms with van der Waals surface area (Å²) in [6, 6.07) is 9.38. The zero-order valence-electron chi connectivity index (χ0n) is 10.3. The van der Waals surface area contributed by atoms with E-state index in [4.69, 9.17) is 17.3 Å². The van der Waals surface area contributed by atoms with Gasteiger partial charge in [0.05, 0.1) is 11.3 Å². The van der Waals surface area contributed by atoms with E-state index in [1.54, 1.807) is 10.9 Å². The number of H-pyrrole nitrogens is 1. The maximum absolute atomic E-state index is 6.11. The van der Waals surface area contributed by atoms with Crippen LogP contribution in [0.2, 0.25) is 5.02 Å². The monoisotopic (exact) mass is 273 g/mol. The van der Waals surface area contributed by atoms with E-state index < -0.39 is 0 Å². The molecule has 19 heavy (non-hydrogen) atoms. The minimum absolute atomic E-state index is 0.604. The van der Waals surface area contributed by atoms with Crippen LogP contribution < -0.4 is 5.73 Å². The first-order valence-corrected chi connectivity index (χ1v) is 6.13. The fourth-order valence-electron chi connectivity index (χ4n) is 2.01. The van der Waals surface area contributed by atoms with Crippen molar-refractivity contribution in [3.05, 3.63) is 41.6 Å². The molecule has 3 N–H and O–H groups in total. The van der Waals surface area contributed by atoms with Crippen LogP contribution in [0.15, 0.2) is 36.5 Å². The zero-order chi connectivity index (χ0) is 13.4. The molecule has 2 heterocycles. The van der Waals surface area contributed by atoms with Gasteiger partial charge in [-0.15, -0.1) is 0 Å². The summed E-state index contributed by atoms with van der Waals surface area (Å²) in [7, 11) is 1.81. The predicted octanol–water partition coefficient (Wildman–Crippen LogP) is 2.71. The van der Waals surface area contributed by atoms with Crippen LogP contribution in [0.4, 0.5) is 5.82 Å². The molecule has 3 rings (SSSR count). The van der Waals surface area contributed by atoms with Gasteiger partial charge < -0.3 is 5.73 Å². The van der Waals surface area contributed by atoms with Crippen LogP contribution in [-0.4, -0.2) is 20.0 Å². The highest BCUT2D eigenvalue weighted by Crippen LogP contribution is 2.35. The van der Waals surface area contributed by atoms with Crippen molar-refractivity contribution < 1.29 is 0 Å². The number of halogens is 1. The third-order valence-corrected chi connectivity index (χ3v) is 3.23. The average Bonchev–Trinajstić information content (AvgIpc) is 3.01. The smallest absolute Gasteiger partial charge is 0.129 e. The van der Waals surface area contributed by atoms with Gasteiger partial charge in [0.25, 0.3) is 0 Å². The van der Waals surface area contributed by atoms with E-state index in [9.17, 15) is 0 Å². The van der Waals surface area contributed by atoms with Crippen LogP contribution in [0.25, 0.3) is 22.5 Å². The molecule has 0 unspecified atom stereocenters. The largest absolute Gasteiger partial charge is 0.383 e. The fourth-order valence-corrected chi connectivity index (χ4v) is 2.14. The summed E-state index contributed by atoms with van der Waals surface area (Å²) in [4.78, 5) is 0. The number of nitrogens with one attached hydrogen (secondary N) is 1. The number of nitrogens with zero attached hydrogens (tertiary/aromatic N) is 3. The molecule has 0 aliphatic rings. The molecule has 0 radical (unpaired) electrons. The molecule has 5 nitrogen and oxygen atoms in total. The molecular formula is C13H12ClN5. The van der Waals surface area contributed by atoms with Crippen LogP contribution in [0, 0.1) is 0 Å². The number of nitrogens with two attached hydrogens (primary N) is 1. The molecule has 0 bridgehead atoms. The molecule has 0 fully saturated rings. The van der Waals surface area contributed by atoms with Crippen LogP contribution >= 0.6 is 11.6 Å². The normalized spacial score (nSPS) is 10.8. The Balaban J connectivity index is 2.22. The average molecular weight is 274 g/mol. The van der Waals surface area contributed by atoms with Gasteiger partial charge in [0.15, 0.2) is 0 Å². The molecule has 96 valence electrons. The van der Waals surface area contributed by atoms with Crippen molar-refractivity contribution in [3.8, 4) is 22.5 Å². The Kier molecular flexibility index (Phi) is 2.76. The van der Waals surface area contributed by atoms with Crippen molar-refractivity contribution in [2.75, 3.05) is 5.73 Å². The van der Waals surface area contributed by atoms with E-state index in [0.29, 0.717) is 10.8 Å². The Hall–Kier alpha value is -2.27. The SMILES string of the molecule is Cn1nc(-c2ccn[nH]2)c(-c2ccc(Cl)cc2)c1N. The van der Waals surface area contributed by atoms with E-state index >= 15 is 0 Å². The molecular weight excluding hydrogens is 262 g/mol. The van der Waals surface area contributed by atoms with Crippen molar-refractivity contribution in [3.63, 3.8) is 0 Å². The van der Waals surface area contributed by atoms with Crippen LogP contribution in [0.1, 0.15) is 0 Å². The van der Waals surface area contributed by atoms with Crippen molar-refractivity contribution >= 4 is 17.4 Å². The predicted molar refractivity (Wildman–Crippen MR) is 75.6 cm³/mol. The maximum atomic E-state index is 6.11. The second kappa shape index (κ2) is 4.44. The van der Waals surface area contributed by atoms with E-state index in [-0.39, 0.29) is 0 Å². The van der Waals surface area contributed by atoms with Crippen molar-refractivity contribution in [1.82, 2.24) is 20.0 Å². The van der Waals surface area contributed by atoms with Crippen LogP contribution in [-0.2, 0) is 7.05 Å². The lowest BCUT2D eigenvalue weighted by atomic mass is 10.0. The quantitative estimate of drug-likeness (QED) is 0.754. The summed E-state index contributed by atoms with van der Waals surface area (Å²) in [5, 5.41) is 12.0. The number of rotatable bonds is 2. The van der Waals surface area contributed by atoms with Gasteiger partial charge in [-0.3, -0.25) is 9.78 Å². The zero-order valence-corrected chi connectivity index (χ0v) is 11.0. The number of aryl methyl sites for hydroxylation is 1. The molecule has 0 aliphatic carbocycles. The molecule has 2 aromatic heterocycles. The Morgan fingerprint density at radius 1 is 1.21 bits per heavy atom. The lowest BCUT2D eigenvalue weighted by Gasteiger charge is -2.03. The second-order valence-corrected chi connectivity index (χ2v) is 4.65. The number of hydrogen-bond donors (Lipinski definition) is 2. The molecule has 0 atom stereocenters. The van der Waals surface area contributed by atoms with Crippen molar-refractivity contribution in [1.29, 1.82) is 0 Å². The number of benzene rings is 1. The summed E-state index contributed by atoms with van der Waals surface area (Å²) in [6.07, 6.45) is 1.69. The number of aromatic nitrogens is 4. The Labute approximate surface area is 115 Å². The van der Waals surface area contributed by atoms with Gasteiger partial charge in [-0.1, -0.05) is 23.7 Å². The first-order valence-electron chi connectivity index (χ1n) is 5.75. The topological polar surface area (TPSA) is 72.5 Å². The Bertz CT molecular complexity index is 697. The highest BCUT2D eigenvalue weighted by atomic mass is 35.5. The summed E-state index contributed by atoms with van der Waals surface area (Å²) in [5.74, 6) is 0.604. The molecule has 6 heteroatoms. The molecule has 0 saturated heterocycles. The van der Waals surface area contributed by atoms with Gasteiger partial charge in [0.1, 0.15) is 11.5 Å². The molecule has 3 aromatic rings. The standard InChI is InChI=1S/C13H12ClN5/c1-19-13(15)11(8-2-4-9(14)5-3-8)12(18-19)10-6-7-16-17-10/h2-7H,15H2,1H3,(H,16,17). The summed E-state index contributed by atoms with van der Waals surface area (Å²) < 4.78 is 1.65. The van der Waals surface area contributed by atoms with Crippen LogP contribution in [0.3, 0.4) is 0 Å². The van der Waals surface area contributed by atoms with Gasteiger partial charge in [-0.05, 0) is 23.8 Å². The van der Waals surface area contributed by atoms with E-state index in [0.717, 1.165) is 22.5 Å². The number of aromatic amines is 1. The van der Waals surface area contributed by atoms with Gasteiger partial charge in [-0.2, -0.15) is 10.2 Å². The first kappa shape index (κ1) is 11.8. The molecule has 0 aliphatic heterocycles. The Morgan fingerprint density at radius 2 is 1.95 bits per heavy atom. The molecule has 0 amide bonds. The lowest BCUT2D eigenvalue weighted by Crippen LogP contribution is -1.97. The van der Waals surface area contributed by atoms with Crippen molar-refractivity contribution in [2.45, 2.75) is 0 Å².